The Labute approximate surface area is 124 Å². The molecule has 7 heteroatoms. The first-order valence-electron chi connectivity index (χ1n) is 6.95. The van der Waals surface area contributed by atoms with E-state index in [1.165, 1.54) is 0 Å². The molecule has 1 unspecified atom stereocenters. The summed E-state index contributed by atoms with van der Waals surface area (Å²) < 4.78 is 38.8. The number of carboxylic acid groups (broad SMARTS) is 1. The van der Waals surface area contributed by atoms with Gasteiger partial charge in [-0.3, -0.25) is 9.59 Å². The van der Waals surface area contributed by atoms with Gasteiger partial charge in [-0.1, -0.05) is 24.3 Å². The molecule has 1 aromatic rings. The molecule has 2 aliphatic rings. The van der Waals surface area contributed by atoms with E-state index in [1.54, 1.807) is 12.1 Å². The Morgan fingerprint density at radius 1 is 1.18 bits per heavy atom. The molecule has 4 nitrogen and oxygen atoms in total. The Balaban J connectivity index is 1.77. The fourth-order valence-corrected chi connectivity index (χ4v) is 3.27. The van der Waals surface area contributed by atoms with Crippen LogP contribution < -0.4 is 0 Å². The molecule has 1 amide bonds. The topological polar surface area (TPSA) is 57.6 Å². The molecule has 1 aromatic carbocycles. The van der Waals surface area contributed by atoms with Crippen LogP contribution in [-0.2, 0) is 16.0 Å². The number of nitrogens with zero attached hydrogens (tertiary/aromatic N) is 1. The first-order valence-corrected chi connectivity index (χ1v) is 6.95. The van der Waals surface area contributed by atoms with Gasteiger partial charge >= 0.3 is 12.1 Å². The van der Waals surface area contributed by atoms with E-state index in [0.717, 1.165) is 16.0 Å². The van der Waals surface area contributed by atoms with Gasteiger partial charge in [0.15, 0.2) is 0 Å². The number of hydrogen-bond acceptors (Lipinski definition) is 2. The number of fused-ring (bicyclic) bond motifs is 1. The van der Waals surface area contributed by atoms with Gasteiger partial charge in [-0.15, -0.1) is 0 Å². The molecule has 1 saturated heterocycles. The Morgan fingerprint density at radius 2 is 1.86 bits per heavy atom. The second kappa shape index (κ2) is 5.00. The van der Waals surface area contributed by atoms with Crippen molar-refractivity contribution in [2.45, 2.75) is 18.5 Å². The lowest BCUT2D eigenvalue weighted by molar-refractivity contribution is -0.188. The van der Waals surface area contributed by atoms with E-state index in [0.29, 0.717) is 6.42 Å². The third-order valence-corrected chi connectivity index (χ3v) is 4.52. The van der Waals surface area contributed by atoms with Crippen molar-refractivity contribution in [2.24, 2.45) is 11.8 Å². The van der Waals surface area contributed by atoms with Crippen molar-refractivity contribution in [1.82, 2.24) is 4.90 Å². The van der Waals surface area contributed by atoms with Crippen LogP contribution in [0.2, 0.25) is 0 Å². The molecular formula is C15H14F3NO3. The lowest BCUT2D eigenvalue weighted by Crippen LogP contribution is -2.39. The molecule has 1 aliphatic carbocycles. The summed E-state index contributed by atoms with van der Waals surface area (Å²) in [6, 6.07) is 7.28. The van der Waals surface area contributed by atoms with Crippen LogP contribution in [0.25, 0.3) is 0 Å². The summed E-state index contributed by atoms with van der Waals surface area (Å²) in [6.07, 6.45) is -4.12. The van der Waals surface area contributed by atoms with Gasteiger partial charge in [-0.2, -0.15) is 13.2 Å². The number of likely N-dealkylation sites (tertiary alicyclic amines) is 1. The fraction of sp³-hybridized carbons (Fsp3) is 0.467. The number of aliphatic carboxylic acids is 1. The normalized spacial score (nSPS) is 27.2. The maximum Gasteiger partial charge on any atom is 0.394 e. The number of rotatable bonds is 2. The Morgan fingerprint density at radius 3 is 2.41 bits per heavy atom. The molecule has 118 valence electrons. The van der Waals surface area contributed by atoms with Crippen LogP contribution in [-0.4, -0.2) is 41.1 Å². The largest absolute Gasteiger partial charge is 0.481 e. The highest BCUT2D eigenvalue weighted by Gasteiger charge is 2.54. The summed E-state index contributed by atoms with van der Waals surface area (Å²) in [4.78, 5) is 24.5. The van der Waals surface area contributed by atoms with Crippen molar-refractivity contribution < 1.29 is 27.9 Å². The third kappa shape index (κ3) is 2.34. The van der Waals surface area contributed by atoms with E-state index >= 15 is 0 Å². The zero-order chi connectivity index (χ0) is 16.1. The second-order valence-corrected chi connectivity index (χ2v) is 5.79. The summed E-state index contributed by atoms with van der Waals surface area (Å²) in [5, 5.41) is 8.98. The number of hydrogen-bond donors (Lipinski definition) is 1. The maximum absolute atomic E-state index is 12.9. The van der Waals surface area contributed by atoms with Gasteiger partial charge in [0.05, 0.1) is 17.8 Å². The van der Waals surface area contributed by atoms with Crippen molar-refractivity contribution in [2.75, 3.05) is 13.1 Å². The van der Waals surface area contributed by atoms with Crippen LogP contribution in [0, 0.1) is 11.8 Å². The fourth-order valence-electron chi connectivity index (χ4n) is 3.27. The SMILES string of the molecule is O=C(O)[C@@H]1CN(C(=O)C2Cc3ccccc32)C[C@H]1C(F)(F)F. The summed E-state index contributed by atoms with van der Waals surface area (Å²) in [7, 11) is 0. The van der Waals surface area contributed by atoms with Crippen LogP contribution in [0.3, 0.4) is 0 Å². The van der Waals surface area contributed by atoms with E-state index in [2.05, 4.69) is 0 Å². The molecule has 0 radical (unpaired) electrons. The molecule has 1 N–H and O–H groups in total. The van der Waals surface area contributed by atoms with Crippen molar-refractivity contribution in [3.8, 4) is 0 Å². The number of amides is 1. The highest BCUT2D eigenvalue weighted by Crippen LogP contribution is 2.41. The predicted octanol–water partition coefficient (Wildman–Crippen LogP) is 2.05. The first kappa shape index (κ1) is 14.9. The lowest BCUT2D eigenvalue weighted by atomic mass is 9.77. The number of carbonyl (C=O) groups excluding carboxylic acids is 1. The molecule has 1 heterocycles. The average molecular weight is 313 g/mol. The van der Waals surface area contributed by atoms with Gasteiger partial charge in [0, 0.05) is 13.1 Å². The second-order valence-electron chi connectivity index (χ2n) is 5.79. The highest BCUT2D eigenvalue weighted by molar-refractivity contribution is 5.88. The molecular weight excluding hydrogens is 299 g/mol. The summed E-state index contributed by atoms with van der Waals surface area (Å²) in [5.41, 5.74) is 1.84. The van der Waals surface area contributed by atoms with Crippen LogP contribution in [0.1, 0.15) is 17.0 Å². The van der Waals surface area contributed by atoms with E-state index in [-0.39, 0.29) is 6.54 Å². The minimum atomic E-state index is -4.62. The molecule has 3 atom stereocenters. The monoisotopic (exact) mass is 313 g/mol. The van der Waals surface area contributed by atoms with Gasteiger partial charge < -0.3 is 10.0 Å². The Bertz CT molecular complexity index is 629. The molecule has 22 heavy (non-hydrogen) atoms. The van der Waals surface area contributed by atoms with Crippen LogP contribution in [0.15, 0.2) is 24.3 Å². The van der Waals surface area contributed by atoms with Crippen molar-refractivity contribution >= 4 is 11.9 Å². The molecule has 1 aliphatic heterocycles. The number of carbonyl (C=O) groups is 2. The zero-order valence-electron chi connectivity index (χ0n) is 11.5. The molecule has 0 spiro atoms. The third-order valence-electron chi connectivity index (χ3n) is 4.52. The summed E-state index contributed by atoms with van der Waals surface area (Å²) >= 11 is 0. The van der Waals surface area contributed by atoms with Gasteiger partial charge in [-0.05, 0) is 17.5 Å². The number of alkyl halides is 3. The van der Waals surface area contributed by atoms with E-state index in [4.69, 9.17) is 5.11 Å². The van der Waals surface area contributed by atoms with Gasteiger partial charge in [0.1, 0.15) is 0 Å². The Hall–Kier alpha value is -2.05. The maximum atomic E-state index is 12.9. The van der Waals surface area contributed by atoms with Crippen molar-refractivity contribution in [1.29, 1.82) is 0 Å². The van der Waals surface area contributed by atoms with E-state index in [1.807, 2.05) is 12.1 Å². The molecule has 0 bridgehead atoms. The summed E-state index contributed by atoms with van der Waals surface area (Å²) in [5.74, 6) is -5.94. The minimum absolute atomic E-state index is 0.378. The van der Waals surface area contributed by atoms with Gasteiger partial charge in [-0.25, -0.2) is 0 Å². The van der Waals surface area contributed by atoms with Crippen LogP contribution in [0.5, 0.6) is 0 Å². The van der Waals surface area contributed by atoms with E-state index < -0.39 is 42.4 Å². The number of halogens is 3. The Kier molecular flexibility index (Phi) is 3.38. The van der Waals surface area contributed by atoms with Crippen molar-refractivity contribution in [3.05, 3.63) is 35.4 Å². The molecule has 0 saturated carbocycles. The van der Waals surface area contributed by atoms with Crippen LogP contribution >= 0.6 is 0 Å². The molecule has 3 rings (SSSR count). The quantitative estimate of drug-likeness (QED) is 0.909. The van der Waals surface area contributed by atoms with Gasteiger partial charge in [0.2, 0.25) is 5.91 Å². The standard InChI is InChI=1S/C15H14F3NO3/c16-15(17,18)12-7-19(6-11(12)14(21)22)13(20)10-5-8-3-1-2-4-9(8)10/h1-4,10-12H,5-7H2,(H,21,22)/t10?,11-,12-/m1/s1. The predicted molar refractivity (Wildman–Crippen MR) is 70.1 cm³/mol. The lowest BCUT2D eigenvalue weighted by Gasteiger charge is -2.32. The van der Waals surface area contributed by atoms with Gasteiger partial charge in [0.25, 0.3) is 0 Å². The summed E-state index contributed by atoms with van der Waals surface area (Å²) in [6.45, 7) is -0.949. The van der Waals surface area contributed by atoms with E-state index in [9.17, 15) is 22.8 Å². The zero-order valence-corrected chi connectivity index (χ0v) is 11.5. The average Bonchev–Trinajstić information content (AvgIpc) is 2.85. The molecule has 0 aromatic heterocycles. The highest BCUT2D eigenvalue weighted by atomic mass is 19.4. The van der Waals surface area contributed by atoms with Crippen LogP contribution in [0.4, 0.5) is 13.2 Å². The minimum Gasteiger partial charge on any atom is -0.481 e. The molecule has 1 fully saturated rings. The van der Waals surface area contributed by atoms with Crippen molar-refractivity contribution in [3.63, 3.8) is 0 Å². The number of benzene rings is 1. The first-order chi connectivity index (χ1) is 10.3. The smallest absolute Gasteiger partial charge is 0.394 e. The number of carboxylic acids is 1.